The van der Waals surface area contributed by atoms with Crippen molar-refractivity contribution in [2.45, 2.75) is 26.7 Å². The number of halogens is 2. The summed E-state index contributed by atoms with van der Waals surface area (Å²) in [5, 5.41) is 4.00. The van der Waals surface area contributed by atoms with E-state index in [0.717, 1.165) is 38.0 Å². The normalized spacial score (nSPS) is 11.3. The first kappa shape index (κ1) is 19.0. The molecule has 0 saturated carbocycles. The monoisotopic (exact) mass is 342 g/mol. The molecule has 5 heteroatoms. The van der Waals surface area contributed by atoms with Crippen molar-refractivity contribution in [1.29, 1.82) is 0 Å². The van der Waals surface area contributed by atoms with Gasteiger partial charge in [-0.05, 0) is 56.2 Å². The fourth-order valence-corrected chi connectivity index (χ4v) is 2.54. The van der Waals surface area contributed by atoms with E-state index in [2.05, 4.69) is 24.1 Å². The first-order valence-corrected chi connectivity index (χ1v) is 8.45. The Kier molecular flexibility index (Phi) is 9.21. The van der Waals surface area contributed by atoms with Gasteiger partial charge < -0.3 is 10.2 Å². The lowest BCUT2D eigenvalue weighted by Crippen LogP contribution is -2.26. The number of nitrogens with one attached hydrogen (secondary N) is 1. The van der Waals surface area contributed by atoms with Crippen molar-refractivity contribution in [2.75, 3.05) is 26.2 Å². The molecule has 0 radical (unpaired) electrons. The molecule has 0 unspecified atom stereocenters. The van der Waals surface area contributed by atoms with Crippen LogP contribution in [0.5, 0.6) is 0 Å². The molecule has 0 aliphatic carbocycles. The summed E-state index contributed by atoms with van der Waals surface area (Å²) in [5.41, 5.74) is 0.780. The van der Waals surface area contributed by atoms with Gasteiger partial charge in [-0.3, -0.25) is 4.79 Å². The maximum atomic E-state index is 11.7. The third-order valence-electron chi connectivity index (χ3n) is 3.47. The average molecular weight is 343 g/mol. The quantitative estimate of drug-likeness (QED) is 0.537. The number of benzene rings is 1. The van der Waals surface area contributed by atoms with E-state index >= 15 is 0 Å². The molecule has 1 N–H and O–H groups in total. The number of amides is 1. The highest BCUT2D eigenvalue weighted by Gasteiger charge is 2.01. The zero-order valence-electron chi connectivity index (χ0n) is 13.2. The van der Waals surface area contributed by atoms with Gasteiger partial charge in [0.25, 0.3) is 0 Å². The molecule has 1 amide bonds. The highest BCUT2D eigenvalue weighted by molar-refractivity contribution is 6.35. The summed E-state index contributed by atoms with van der Waals surface area (Å²) in [7, 11) is 0. The van der Waals surface area contributed by atoms with Gasteiger partial charge in [0.1, 0.15) is 0 Å². The topological polar surface area (TPSA) is 32.3 Å². The predicted molar refractivity (Wildman–Crippen MR) is 95.5 cm³/mol. The Hall–Kier alpha value is -1.03. The van der Waals surface area contributed by atoms with Crippen molar-refractivity contribution in [3.8, 4) is 0 Å². The summed E-state index contributed by atoms with van der Waals surface area (Å²) in [4.78, 5) is 14.1. The van der Waals surface area contributed by atoms with Gasteiger partial charge in [-0.15, -0.1) is 0 Å². The molecule has 0 aliphatic heterocycles. The van der Waals surface area contributed by atoms with Crippen LogP contribution < -0.4 is 5.32 Å². The van der Waals surface area contributed by atoms with Crippen molar-refractivity contribution < 1.29 is 4.79 Å². The average Bonchev–Trinajstić information content (AvgIpc) is 2.50. The van der Waals surface area contributed by atoms with Crippen LogP contribution in [-0.4, -0.2) is 37.0 Å². The molecule has 0 heterocycles. The minimum Gasteiger partial charge on any atom is -0.353 e. The number of rotatable bonds is 9. The van der Waals surface area contributed by atoms with Crippen LogP contribution in [0.3, 0.4) is 0 Å². The van der Waals surface area contributed by atoms with Crippen LogP contribution in [0.4, 0.5) is 0 Å². The van der Waals surface area contributed by atoms with E-state index in [9.17, 15) is 4.79 Å². The third kappa shape index (κ3) is 7.30. The van der Waals surface area contributed by atoms with Crippen molar-refractivity contribution in [3.63, 3.8) is 0 Å². The Morgan fingerprint density at radius 3 is 2.59 bits per heavy atom. The number of carbonyl (C=O) groups excluding carboxylic acids is 1. The maximum absolute atomic E-state index is 11.7. The van der Waals surface area contributed by atoms with Gasteiger partial charge >= 0.3 is 0 Å². The predicted octanol–water partition coefficient (Wildman–Crippen LogP) is 4.24. The number of nitrogens with zero attached hydrogens (tertiary/aromatic N) is 1. The van der Waals surface area contributed by atoms with Crippen molar-refractivity contribution in [2.24, 2.45) is 0 Å². The van der Waals surface area contributed by atoms with E-state index in [-0.39, 0.29) is 5.91 Å². The molecule has 3 nitrogen and oxygen atoms in total. The molecule has 22 heavy (non-hydrogen) atoms. The molecule has 1 aromatic carbocycles. The van der Waals surface area contributed by atoms with Gasteiger partial charge in [-0.2, -0.15) is 0 Å². The van der Waals surface area contributed by atoms with Gasteiger partial charge in [-0.1, -0.05) is 43.1 Å². The molecule has 0 saturated heterocycles. The van der Waals surface area contributed by atoms with E-state index < -0.39 is 0 Å². The number of hydrogen-bond donors (Lipinski definition) is 1. The minimum atomic E-state index is -0.103. The second kappa shape index (κ2) is 10.7. The molecular weight excluding hydrogens is 319 g/mol. The van der Waals surface area contributed by atoms with Crippen molar-refractivity contribution >= 4 is 35.2 Å². The molecule has 0 bridgehead atoms. The van der Waals surface area contributed by atoms with Gasteiger partial charge in [0.15, 0.2) is 0 Å². The molecule has 1 aromatic rings. The summed E-state index contributed by atoms with van der Waals surface area (Å²) in [6.07, 6.45) is 5.27. The first-order chi connectivity index (χ1) is 10.6. The lowest BCUT2D eigenvalue weighted by Gasteiger charge is -2.17. The standard InChI is InChI=1S/C17H24Cl2N2O/c1-3-21(4-2)12-6-5-11-20-17(22)10-8-14-7-9-15(18)13-16(14)19/h7-10,13H,3-6,11-12H2,1-2H3,(H,20,22)/b10-8+. The molecule has 0 spiro atoms. The smallest absolute Gasteiger partial charge is 0.243 e. The third-order valence-corrected chi connectivity index (χ3v) is 4.03. The Balaban J connectivity index is 2.27. The molecule has 0 aliphatic rings. The van der Waals surface area contributed by atoms with Crippen molar-refractivity contribution in [3.05, 3.63) is 39.9 Å². The highest BCUT2D eigenvalue weighted by Crippen LogP contribution is 2.21. The number of carbonyl (C=O) groups is 1. The Morgan fingerprint density at radius 2 is 1.95 bits per heavy atom. The Labute approximate surface area is 143 Å². The summed E-state index contributed by atoms with van der Waals surface area (Å²) in [6, 6.07) is 5.20. The van der Waals surface area contributed by atoms with E-state index in [1.807, 2.05) is 0 Å². The summed E-state index contributed by atoms with van der Waals surface area (Å²) in [6.45, 7) is 8.26. The summed E-state index contributed by atoms with van der Waals surface area (Å²) >= 11 is 11.9. The van der Waals surface area contributed by atoms with Gasteiger partial charge in [-0.25, -0.2) is 0 Å². The van der Waals surface area contributed by atoms with E-state index in [4.69, 9.17) is 23.2 Å². The van der Waals surface area contributed by atoms with Gasteiger partial charge in [0.2, 0.25) is 5.91 Å². The zero-order valence-corrected chi connectivity index (χ0v) is 14.8. The van der Waals surface area contributed by atoms with Crippen LogP contribution >= 0.6 is 23.2 Å². The van der Waals surface area contributed by atoms with E-state index in [1.165, 1.54) is 6.08 Å². The van der Waals surface area contributed by atoms with Crippen LogP contribution in [0, 0.1) is 0 Å². The van der Waals surface area contributed by atoms with Crippen LogP contribution in [-0.2, 0) is 4.79 Å². The minimum absolute atomic E-state index is 0.103. The maximum Gasteiger partial charge on any atom is 0.243 e. The molecule has 122 valence electrons. The first-order valence-electron chi connectivity index (χ1n) is 7.70. The molecule has 1 rings (SSSR count). The zero-order chi connectivity index (χ0) is 16.4. The van der Waals surface area contributed by atoms with Crippen LogP contribution in [0.15, 0.2) is 24.3 Å². The largest absolute Gasteiger partial charge is 0.353 e. The number of unbranched alkanes of at least 4 members (excludes halogenated alkanes) is 1. The molecular formula is C17H24Cl2N2O. The summed E-state index contributed by atoms with van der Waals surface area (Å²) < 4.78 is 0. The SMILES string of the molecule is CCN(CC)CCCCNC(=O)/C=C/c1ccc(Cl)cc1Cl. The summed E-state index contributed by atoms with van der Waals surface area (Å²) in [5.74, 6) is -0.103. The van der Waals surface area contributed by atoms with Crippen LogP contribution in [0.1, 0.15) is 32.3 Å². The van der Waals surface area contributed by atoms with Gasteiger partial charge in [0, 0.05) is 22.7 Å². The number of hydrogen-bond acceptors (Lipinski definition) is 2. The van der Waals surface area contributed by atoms with Crippen LogP contribution in [0.25, 0.3) is 6.08 Å². The fraction of sp³-hybridized carbons (Fsp3) is 0.471. The molecule has 0 fully saturated rings. The lowest BCUT2D eigenvalue weighted by atomic mass is 10.2. The van der Waals surface area contributed by atoms with Crippen molar-refractivity contribution in [1.82, 2.24) is 10.2 Å². The van der Waals surface area contributed by atoms with E-state index in [1.54, 1.807) is 24.3 Å². The second-order valence-corrected chi connectivity index (χ2v) is 5.87. The molecule has 0 atom stereocenters. The Morgan fingerprint density at radius 1 is 1.23 bits per heavy atom. The fourth-order valence-electron chi connectivity index (χ4n) is 2.07. The van der Waals surface area contributed by atoms with Crippen LogP contribution in [0.2, 0.25) is 10.0 Å². The van der Waals surface area contributed by atoms with Gasteiger partial charge in [0.05, 0.1) is 0 Å². The molecule has 0 aromatic heterocycles. The highest BCUT2D eigenvalue weighted by atomic mass is 35.5. The van der Waals surface area contributed by atoms with E-state index in [0.29, 0.717) is 16.6 Å². The second-order valence-electron chi connectivity index (χ2n) is 5.02. The lowest BCUT2D eigenvalue weighted by molar-refractivity contribution is -0.116. The Bertz CT molecular complexity index is 499.